The van der Waals surface area contributed by atoms with Crippen LogP contribution in [0.3, 0.4) is 0 Å². The van der Waals surface area contributed by atoms with Crippen molar-refractivity contribution in [2.75, 3.05) is 14.2 Å². The van der Waals surface area contributed by atoms with Crippen LogP contribution < -0.4 is 9.47 Å². The zero-order chi connectivity index (χ0) is 31.2. The Labute approximate surface area is 279 Å². The smallest absolute Gasteiger partial charge is 0.131 e. The fourth-order valence-corrected chi connectivity index (χ4v) is 13.1. The Hall–Kier alpha value is -4.38. The summed E-state index contributed by atoms with van der Waals surface area (Å²) in [7, 11) is 3.73. The van der Waals surface area contributed by atoms with Crippen molar-refractivity contribution in [3.8, 4) is 11.5 Å². The van der Waals surface area contributed by atoms with Gasteiger partial charge in [-0.3, -0.25) is 0 Å². The van der Waals surface area contributed by atoms with Crippen molar-refractivity contribution in [1.29, 1.82) is 0 Å². The fourth-order valence-electron chi connectivity index (χ4n) is 13.1. The second-order valence-electron chi connectivity index (χ2n) is 15.4. The van der Waals surface area contributed by atoms with Crippen LogP contribution in [0.5, 0.6) is 11.5 Å². The first-order valence-electron chi connectivity index (χ1n) is 17.8. The summed E-state index contributed by atoms with van der Waals surface area (Å²) in [5.41, 5.74) is 16.8. The minimum absolute atomic E-state index is 0.0439. The van der Waals surface area contributed by atoms with Crippen LogP contribution in [0.1, 0.15) is 115 Å². The molecule has 0 saturated carbocycles. The van der Waals surface area contributed by atoms with Gasteiger partial charge in [-0.25, -0.2) is 0 Å². The lowest BCUT2D eigenvalue weighted by Crippen LogP contribution is -2.43. The Morgan fingerprint density at radius 2 is 0.562 bits per heavy atom. The molecule has 15 rings (SSSR count). The van der Waals surface area contributed by atoms with Gasteiger partial charge in [0.25, 0.3) is 0 Å². The molecule has 0 unspecified atom stereocenters. The number of methoxy groups -OCH3 is 2. The van der Waals surface area contributed by atoms with Crippen molar-refractivity contribution >= 4 is 0 Å². The van der Waals surface area contributed by atoms with Crippen molar-refractivity contribution in [3.63, 3.8) is 0 Å². The molecule has 4 aliphatic heterocycles. The SMILES string of the molecule is COc1c2c(c(OC)c3c1[C@H]1O[C@@H]3[C@@H]3C4c5ccccc5C(c5ccccc54)[C@@H]31)[C@H]1O[C@H]2[C@@H]2C3c4ccccc4C(c4ccccc43)[C@@H]21. The second kappa shape index (κ2) is 8.42. The van der Waals surface area contributed by atoms with Crippen molar-refractivity contribution in [1.82, 2.24) is 0 Å². The maximum absolute atomic E-state index is 7.26. The van der Waals surface area contributed by atoms with E-state index in [9.17, 15) is 0 Å². The van der Waals surface area contributed by atoms with Crippen molar-refractivity contribution < 1.29 is 18.9 Å². The van der Waals surface area contributed by atoms with Gasteiger partial charge in [0.15, 0.2) is 0 Å². The van der Waals surface area contributed by atoms with Crippen molar-refractivity contribution in [2.45, 2.75) is 48.1 Å². The molecule has 4 heteroatoms. The zero-order valence-electron chi connectivity index (χ0n) is 26.8. The molecule has 4 nitrogen and oxygen atoms in total. The highest BCUT2D eigenvalue weighted by molar-refractivity contribution is 5.71. The van der Waals surface area contributed by atoms with Gasteiger partial charge >= 0.3 is 0 Å². The van der Waals surface area contributed by atoms with Gasteiger partial charge in [0, 0.05) is 69.6 Å². The maximum Gasteiger partial charge on any atom is 0.131 e. The third kappa shape index (κ3) is 2.57. The molecule has 0 aromatic heterocycles. The quantitative estimate of drug-likeness (QED) is 0.196. The molecular weight excluding hydrogens is 592 g/mol. The zero-order valence-corrected chi connectivity index (χ0v) is 26.8. The number of rotatable bonds is 2. The van der Waals surface area contributed by atoms with Gasteiger partial charge in [-0.2, -0.15) is 0 Å². The van der Waals surface area contributed by atoms with Gasteiger partial charge in [0.2, 0.25) is 0 Å². The Balaban J connectivity index is 1.04. The standard InChI is InChI=1S/C44H34O4/c1-45-39-35-37(43-33-29-23-15-7-3-11-19(23)27(31(33)41(35)47-43)20-12-4-8-16-24(20)29)40(46-2)38-36(39)42-32-28-21-13-5-9-17-25(21)30(34(32)44(38)48-42)26-18-10-6-14-22(26)28/h3-18,27-34,41-44H,1-2H3/t27?,28?,29?,30?,31-,32+,33+,34-,41-,42-,43+,44-/m0/s1. The second-order valence-corrected chi connectivity index (χ2v) is 15.4. The van der Waals surface area contributed by atoms with E-state index in [-0.39, 0.29) is 24.4 Å². The lowest BCUT2D eigenvalue weighted by molar-refractivity contribution is 0.0466. The predicted octanol–water partition coefficient (Wildman–Crippen LogP) is 9.00. The van der Waals surface area contributed by atoms with E-state index in [1.54, 1.807) is 0 Å². The molecule has 0 radical (unpaired) electrons. The summed E-state index contributed by atoms with van der Waals surface area (Å²) in [4.78, 5) is 0. The summed E-state index contributed by atoms with van der Waals surface area (Å²) in [5, 5.41) is 0. The summed E-state index contributed by atoms with van der Waals surface area (Å²) < 4.78 is 27.7. The maximum atomic E-state index is 7.26. The molecule has 0 amide bonds. The van der Waals surface area contributed by atoms with Gasteiger partial charge in [-0.1, -0.05) is 97.1 Å². The Kier molecular flexibility index (Phi) is 4.49. The molecule has 48 heavy (non-hydrogen) atoms. The van der Waals surface area contributed by atoms with E-state index in [4.69, 9.17) is 18.9 Å². The molecule has 5 aromatic carbocycles. The number of benzene rings is 5. The minimum atomic E-state index is -0.0439. The monoisotopic (exact) mass is 626 g/mol. The van der Waals surface area contributed by atoms with Gasteiger partial charge in [-0.05, 0) is 44.5 Å². The van der Waals surface area contributed by atoms with Crippen LogP contribution in [-0.2, 0) is 9.47 Å². The normalized spacial score (nSPS) is 36.4. The number of hydrogen-bond acceptors (Lipinski definition) is 4. The Bertz CT molecular complexity index is 1880. The highest BCUT2D eigenvalue weighted by Gasteiger charge is 2.69. The molecule has 4 heterocycles. The first kappa shape index (κ1) is 25.6. The third-order valence-electron chi connectivity index (χ3n) is 14.2. The lowest BCUT2D eigenvalue weighted by atomic mass is 9.49. The summed E-state index contributed by atoms with van der Waals surface area (Å²) in [6, 6.07) is 36.7. The third-order valence-corrected chi connectivity index (χ3v) is 14.2. The van der Waals surface area contributed by atoms with Crippen LogP contribution in [0.15, 0.2) is 97.1 Å². The molecular formula is C44H34O4. The molecule has 0 N–H and O–H groups in total. The van der Waals surface area contributed by atoms with Crippen LogP contribution in [0, 0.1) is 23.7 Å². The lowest BCUT2D eigenvalue weighted by Gasteiger charge is -2.52. The van der Waals surface area contributed by atoms with Gasteiger partial charge in [-0.15, -0.1) is 0 Å². The molecule has 2 fully saturated rings. The Morgan fingerprint density at radius 3 is 0.750 bits per heavy atom. The molecule has 5 aromatic rings. The molecule has 8 bridgehead atoms. The molecule has 2 saturated heterocycles. The van der Waals surface area contributed by atoms with E-state index in [0.29, 0.717) is 47.3 Å². The van der Waals surface area contributed by atoms with Crippen LogP contribution >= 0.6 is 0 Å². The Morgan fingerprint density at radius 1 is 0.354 bits per heavy atom. The largest absolute Gasteiger partial charge is 0.496 e. The minimum Gasteiger partial charge on any atom is -0.496 e. The topological polar surface area (TPSA) is 36.9 Å². The summed E-state index contributed by atoms with van der Waals surface area (Å²) in [5.74, 6) is 4.63. The van der Waals surface area contributed by atoms with E-state index >= 15 is 0 Å². The van der Waals surface area contributed by atoms with E-state index in [1.807, 2.05) is 14.2 Å². The van der Waals surface area contributed by atoms with E-state index in [1.165, 1.54) is 66.8 Å². The molecule has 0 spiro atoms. The first-order valence-corrected chi connectivity index (χ1v) is 17.8. The molecule has 8 atom stereocenters. The van der Waals surface area contributed by atoms with E-state index in [2.05, 4.69) is 97.1 Å². The van der Waals surface area contributed by atoms with Gasteiger partial charge in [0.1, 0.15) is 11.5 Å². The number of fused-ring (bicyclic) bond motifs is 10. The average molecular weight is 627 g/mol. The van der Waals surface area contributed by atoms with Crippen molar-refractivity contribution in [2.24, 2.45) is 23.7 Å². The van der Waals surface area contributed by atoms with E-state index < -0.39 is 0 Å². The van der Waals surface area contributed by atoms with Crippen LogP contribution in [0.2, 0.25) is 0 Å². The van der Waals surface area contributed by atoms with Gasteiger partial charge in [0.05, 0.1) is 38.6 Å². The van der Waals surface area contributed by atoms with Crippen LogP contribution in [0.25, 0.3) is 0 Å². The van der Waals surface area contributed by atoms with Crippen LogP contribution in [-0.4, -0.2) is 14.2 Å². The van der Waals surface area contributed by atoms with E-state index in [0.717, 1.165) is 11.5 Å². The average Bonchev–Trinajstić information content (AvgIpc) is 3.93. The first-order chi connectivity index (χ1) is 23.8. The summed E-state index contributed by atoms with van der Waals surface area (Å²) in [6.45, 7) is 0. The van der Waals surface area contributed by atoms with Crippen molar-refractivity contribution in [3.05, 3.63) is 164 Å². The summed E-state index contributed by atoms with van der Waals surface area (Å²) >= 11 is 0. The highest BCUT2D eigenvalue weighted by atomic mass is 16.5. The number of ether oxygens (including phenoxy) is 4. The van der Waals surface area contributed by atoms with Crippen LogP contribution in [0.4, 0.5) is 0 Å². The van der Waals surface area contributed by atoms with Gasteiger partial charge < -0.3 is 18.9 Å². The molecule has 234 valence electrons. The fraction of sp³-hybridized carbons (Fsp3) is 0.318. The molecule has 6 aliphatic carbocycles. The highest BCUT2D eigenvalue weighted by Crippen LogP contribution is 2.79. The predicted molar refractivity (Wildman–Crippen MR) is 180 cm³/mol. The number of hydrogen-bond donors (Lipinski definition) is 0. The summed E-state index contributed by atoms with van der Waals surface area (Å²) in [6.07, 6.45) is -0.176. The molecule has 10 aliphatic rings.